The molecule has 0 spiro atoms. The fraction of sp³-hybridized carbons (Fsp3) is 0.333. The Labute approximate surface area is 128 Å². The summed E-state index contributed by atoms with van der Waals surface area (Å²) in [6.45, 7) is 3.50. The van der Waals surface area contributed by atoms with Gasteiger partial charge < -0.3 is 15.4 Å². The summed E-state index contributed by atoms with van der Waals surface area (Å²) >= 11 is 1.42. The zero-order chi connectivity index (χ0) is 15.2. The van der Waals surface area contributed by atoms with E-state index in [1.807, 2.05) is 31.2 Å². The molecule has 0 saturated heterocycles. The smallest absolute Gasteiger partial charge is 0.273 e. The molecule has 2 aromatic rings. The number of amides is 1. The highest BCUT2D eigenvalue weighted by Gasteiger charge is 2.17. The number of aromatic nitrogens is 1. The van der Waals surface area contributed by atoms with Gasteiger partial charge in [0.05, 0.1) is 7.11 Å². The van der Waals surface area contributed by atoms with E-state index in [1.165, 1.54) is 11.3 Å². The molecule has 0 atom stereocenters. The molecule has 21 heavy (non-hydrogen) atoms. The number of hydrogen-bond acceptors (Lipinski definition) is 5. The SMILES string of the molecule is CCN(Cc1ccc(OC)cc1)C(=O)c1csc(CN)n1. The van der Waals surface area contributed by atoms with Gasteiger partial charge in [-0.1, -0.05) is 12.1 Å². The van der Waals surface area contributed by atoms with Gasteiger partial charge in [-0.2, -0.15) is 0 Å². The molecule has 0 aliphatic rings. The number of methoxy groups -OCH3 is 1. The van der Waals surface area contributed by atoms with Crippen molar-refractivity contribution in [1.29, 1.82) is 0 Å². The third-order valence-corrected chi connectivity index (χ3v) is 4.02. The largest absolute Gasteiger partial charge is 0.497 e. The lowest BCUT2D eigenvalue weighted by Gasteiger charge is -2.20. The number of nitrogens with zero attached hydrogens (tertiary/aromatic N) is 2. The predicted octanol–water partition coefficient (Wildman–Crippen LogP) is 2.27. The molecule has 1 aromatic carbocycles. The molecule has 1 aromatic heterocycles. The minimum absolute atomic E-state index is 0.0655. The fourth-order valence-electron chi connectivity index (χ4n) is 1.94. The summed E-state index contributed by atoms with van der Waals surface area (Å²) in [6, 6.07) is 7.70. The first-order valence-corrected chi connectivity index (χ1v) is 7.62. The normalized spacial score (nSPS) is 10.4. The minimum Gasteiger partial charge on any atom is -0.497 e. The van der Waals surface area contributed by atoms with Crippen molar-refractivity contribution >= 4 is 17.2 Å². The second-order valence-corrected chi connectivity index (χ2v) is 5.44. The van der Waals surface area contributed by atoms with Crippen LogP contribution in [0.25, 0.3) is 0 Å². The van der Waals surface area contributed by atoms with Gasteiger partial charge in [0, 0.05) is 25.0 Å². The van der Waals surface area contributed by atoms with Gasteiger partial charge in [-0.3, -0.25) is 4.79 Å². The van der Waals surface area contributed by atoms with Crippen LogP contribution in [-0.2, 0) is 13.1 Å². The van der Waals surface area contributed by atoms with Gasteiger partial charge in [-0.15, -0.1) is 11.3 Å². The molecule has 1 heterocycles. The number of nitrogens with two attached hydrogens (primary N) is 1. The molecule has 0 unspecified atom stereocenters. The monoisotopic (exact) mass is 305 g/mol. The summed E-state index contributed by atoms with van der Waals surface area (Å²) in [6.07, 6.45) is 0. The van der Waals surface area contributed by atoms with Crippen molar-refractivity contribution < 1.29 is 9.53 Å². The molecule has 1 amide bonds. The van der Waals surface area contributed by atoms with Crippen LogP contribution < -0.4 is 10.5 Å². The van der Waals surface area contributed by atoms with Crippen molar-refractivity contribution in [2.75, 3.05) is 13.7 Å². The Morgan fingerprint density at radius 3 is 2.62 bits per heavy atom. The van der Waals surface area contributed by atoms with Crippen LogP contribution in [0.5, 0.6) is 5.75 Å². The van der Waals surface area contributed by atoms with Crippen LogP contribution in [0.3, 0.4) is 0 Å². The number of ether oxygens (including phenoxy) is 1. The molecule has 6 heteroatoms. The molecule has 0 aliphatic carbocycles. The van der Waals surface area contributed by atoms with E-state index in [0.29, 0.717) is 25.3 Å². The predicted molar refractivity (Wildman–Crippen MR) is 83.4 cm³/mol. The molecule has 5 nitrogen and oxygen atoms in total. The highest BCUT2D eigenvalue weighted by Crippen LogP contribution is 2.16. The highest BCUT2D eigenvalue weighted by molar-refractivity contribution is 7.09. The summed E-state index contributed by atoms with van der Waals surface area (Å²) in [5.41, 5.74) is 7.06. The molecule has 0 fully saturated rings. The van der Waals surface area contributed by atoms with E-state index in [9.17, 15) is 4.79 Å². The number of thiazole rings is 1. The summed E-state index contributed by atoms with van der Waals surface area (Å²) in [7, 11) is 1.63. The number of hydrogen-bond donors (Lipinski definition) is 1. The summed E-state index contributed by atoms with van der Waals surface area (Å²) < 4.78 is 5.13. The van der Waals surface area contributed by atoms with Crippen molar-refractivity contribution in [1.82, 2.24) is 9.88 Å². The number of benzene rings is 1. The Bertz CT molecular complexity index is 595. The number of carbonyl (C=O) groups excluding carboxylic acids is 1. The Hall–Kier alpha value is -1.92. The standard InChI is InChI=1S/C15H19N3O2S/c1-3-18(9-11-4-6-12(20-2)7-5-11)15(19)13-10-21-14(8-16)17-13/h4-7,10H,3,8-9,16H2,1-2H3. The maximum Gasteiger partial charge on any atom is 0.273 e. The van der Waals surface area contributed by atoms with E-state index in [-0.39, 0.29) is 5.91 Å². The van der Waals surface area contributed by atoms with Crippen LogP contribution in [0.15, 0.2) is 29.6 Å². The Morgan fingerprint density at radius 1 is 1.38 bits per heavy atom. The van der Waals surface area contributed by atoms with E-state index in [2.05, 4.69) is 4.98 Å². The minimum atomic E-state index is -0.0655. The molecule has 112 valence electrons. The molecule has 2 N–H and O–H groups in total. The average Bonchev–Trinajstić information content (AvgIpc) is 3.01. The molecule has 0 aliphatic heterocycles. The second kappa shape index (κ2) is 7.19. The maximum atomic E-state index is 12.4. The van der Waals surface area contributed by atoms with E-state index in [4.69, 9.17) is 10.5 Å². The summed E-state index contributed by atoms with van der Waals surface area (Å²) in [5.74, 6) is 0.740. The Morgan fingerprint density at radius 2 is 2.10 bits per heavy atom. The average molecular weight is 305 g/mol. The van der Waals surface area contributed by atoms with Gasteiger partial charge in [0.2, 0.25) is 0 Å². The van der Waals surface area contributed by atoms with E-state index in [1.54, 1.807) is 17.4 Å². The van der Waals surface area contributed by atoms with Crippen molar-refractivity contribution in [3.63, 3.8) is 0 Å². The van der Waals surface area contributed by atoms with Crippen LogP contribution in [0.2, 0.25) is 0 Å². The first-order chi connectivity index (χ1) is 10.2. The van der Waals surface area contributed by atoms with Crippen LogP contribution in [0.1, 0.15) is 28.0 Å². The fourth-order valence-corrected chi connectivity index (χ4v) is 2.59. The first-order valence-electron chi connectivity index (χ1n) is 6.74. The quantitative estimate of drug-likeness (QED) is 0.889. The lowest BCUT2D eigenvalue weighted by atomic mass is 10.2. The second-order valence-electron chi connectivity index (χ2n) is 4.50. The molecule has 0 saturated carbocycles. The summed E-state index contributed by atoms with van der Waals surface area (Å²) in [5, 5.41) is 2.54. The van der Waals surface area contributed by atoms with Crippen LogP contribution in [0.4, 0.5) is 0 Å². The van der Waals surface area contributed by atoms with Crippen molar-refractivity contribution in [3.8, 4) is 5.75 Å². The molecule has 2 rings (SSSR count). The zero-order valence-electron chi connectivity index (χ0n) is 12.2. The highest BCUT2D eigenvalue weighted by atomic mass is 32.1. The topological polar surface area (TPSA) is 68.5 Å². The lowest BCUT2D eigenvalue weighted by Crippen LogP contribution is -2.30. The zero-order valence-corrected chi connectivity index (χ0v) is 13.0. The first kappa shape index (κ1) is 15.5. The maximum absolute atomic E-state index is 12.4. The van der Waals surface area contributed by atoms with Crippen LogP contribution >= 0.6 is 11.3 Å². The lowest BCUT2D eigenvalue weighted by molar-refractivity contribution is 0.0747. The van der Waals surface area contributed by atoms with Crippen LogP contribution in [-0.4, -0.2) is 29.4 Å². The van der Waals surface area contributed by atoms with Gasteiger partial charge >= 0.3 is 0 Å². The Kier molecular flexibility index (Phi) is 5.30. The Balaban J connectivity index is 2.09. The third-order valence-electron chi connectivity index (χ3n) is 3.15. The number of carbonyl (C=O) groups is 1. The van der Waals surface area contributed by atoms with Gasteiger partial charge in [0.1, 0.15) is 16.5 Å². The molecular formula is C15H19N3O2S. The van der Waals surface area contributed by atoms with Gasteiger partial charge in [-0.25, -0.2) is 4.98 Å². The van der Waals surface area contributed by atoms with E-state index in [0.717, 1.165) is 16.3 Å². The van der Waals surface area contributed by atoms with E-state index >= 15 is 0 Å². The molecule has 0 bridgehead atoms. The van der Waals surface area contributed by atoms with Crippen LogP contribution in [0, 0.1) is 0 Å². The molecule has 0 radical (unpaired) electrons. The van der Waals surface area contributed by atoms with Gasteiger partial charge in [-0.05, 0) is 24.6 Å². The van der Waals surface area contributed by atoms with Gasteiger partial charge in [0.25, 0.3) is 5.91 Å². The van der Waals surface area contributed by atoms with E-state index < -0.39 is 0 Å². The van der Waals surface area contributed by atoms with Crippen molar-refractivity contribution in [2.24, 2.45) is 5.73 Å². The summed E-state index contributed by atoms with van der Waals surface area (Å²) in [4.78, 5) is 18.4. The van der Waals surface area contributed by atoms with Gasteiger partial charge in [0.15, 0.2) is 0 Å². The molecular weight excluding hydrogens is 286 g/mol. The third kappa shape index (κ3) is 3.80. The van der Waals surface area contributed by atoms with Crippen molar-refractivity contribution in [3.05, 3.63) is 45.9 Å². The van der Waals surface area contributed by atoms with Crippen molar-refractivity contribution in [2.45, 2.75) is 20.0 Å². The number of rotatable bonds is 6.